The highest BCUT2D eigenvalue weighted by atomic mass is 32.1. The van der Waals surface area contributed by atoms with Crippen LogP contribution in [0.2, 0.25) is 0 Å². The normalized spacial score (nSPS) is 13.7. The number of hydrogen-bond donors (Lipinski definition) is 0. The summed E-state index contributed by atoms with van der Waals surface area (Å²) in [5.74, 6) is -2.16. The maximum absolute atomic E-state index is 12.9. The van der Waals surface area contributed by atoms with Crippen LogP contribution in [0.3, 0.4) is 0 Å². The van der Waals surface area contributed by atoms with E-state index in [4.69, 9.17) is 4.74 Å². The van der Waals surface area contributed by atoms with Crippen LogP contribution in [0.5, 0.6) is 0 Å². The van der Waals surface area contributed by atoms with Crippen LogP contribution in [-0.2, 0) is 20.9 Å². The minimum atomic E-state index is -0.664. The number of fused-ring (bicyclic) bond motifs is 4. The first-order chi connectivity index (χ1) is 16.5. The number of carbonyl (C=O) groups excluding carboxylic acids is 4. The molecule has 0 fully saturated rings. The molecule has 3 aromatic carbocycles. The molecule has 0 radical (unpaired) electrons. The molecule has 0 atom stereocenters. The van der Waals surface area contributed by atoms with E-state index in [0.717, 1.165) is 25.9 Å². The molecule has 3 amide bonds. The van der Waals surface area contributed by atoms with Crippen molar-refractivity contribution in [2.24, 2.45) is 4.99 Å². The second kappa shape index (κ2) is 8.68. The lowest BCUT2D eigenvalue weighted by Gasteiger charge is -2.10. The third-order valence-corrected chi connectivity index (χ3v) is 6.69. The van der Waals surface area contributed by atoms with Gasteiger partial charge in [0.05, 0.1) is 28.0 Å². The van der Waals surface area contributed by atoms with Gasteiger partial charge in [0.1, 0.15) is 13.1 Å². The average molecular weight is 474 g/mol. The van der Waals surface area contributed by atoms with Crippen LogP contribution in [0.15, 0.2) is 65.7 Å². The first-order valence-electron chi connectivity index (χ1n) is 10.7. The topological polar surface area (TPSA) is 98.0 Å². The summed E-state index contributed by atoms with van der Waals surface area (Å²) in [5, 5.41) is 1.99. The monoisotopic (exact) mass is 473 g/mol. The summed E-state index contributed by atoms with van der Waals surface area (Å²) in [6.45, 7) is 1.35. The lowest BCUT2D eigenvalue weighted by atomic mass is 10.1. The highest BCUT2D eigenvalue weighted by molar-refractivity contribution is 7.17. The van der Waals surface area contributed by atoms with Crippen molar-refractivity contribution in [2.75, 3.05) is 13.2 Å². The first kappa shape index (κ1) is 21.7. The predicted molar refractivity (Wildman–Crippen MR) is 126 cm³/mol. The number of nitrogens with zero attached hydrogens (tertiary/aromatic N) is 3. The van der Waals surface area contributed by atoms with E-state index < -0.39 is 30.2 Å². The van der Waals surface area contributed by atoms with Gasteiger partial charge in [-0.3, -0.25) is 24.1 Å². The number of aromatic nitrogens is 1. The summed E-state index contributed by atoms with van der Waals surface area (Å²) in [6.07, 6.45) is 0. The molecule has 0 aliphatic carbocycles. The maximum atomic E-state index is 12.9. The molecule has 1 aliphatic heterocycles. The van der Waals surface area contributed by atoms with E-state index in [2.05, 4.69) is 4.99 Å². The van der Waals surface area contributed by atoms with E-state index in [1.807, 2.05) is 36.4 Å². The molecule has 5 rings (SSSR count). The Labute approximate surface area is 197 Å². The van der Waals surface area contributed by atoms with Gasteiger partial charge in [-0.2, -0.15) is 4.99 Å². The Hall–Kier alpha value is -4.11. The minimum absolute atomic E-state index is 0.120. The lowest BCUT2D eigenvalue weighted by molar-refractivity contribution is -0.143. The van der Waals surface area contributed by atoms with Crippen molar-refractivity contribution in [3.8, 4) is 0 Å². The molecular formula is C25H19N3O5S. The Morgan fingerprint density at radius 2 is 1.59 bits per heavy atom. The van der Waals surface area contributed by atoms with Gasteiger partial charge in [0.25, 0.3) is 17.7 Å². The molecule has 0 N–H and O–H groups in total. The molecular weight excluding hydrogens is 454 g/mol. The fourth-order valence-corrected chi connectivity index (χ4v) is 5.21. The zero-order valence-corrected chi connectivity index (χ0v) is 19.0. The smallest absolute Gasteiger partial charge is 0.326 e. The van der Waals surface area contributed by atoms with Gasteiger partial charge in [-0.15, -0.1) is 0 Å². The van der Waals surface area contributed by atoms with Crippen molar-refractivity contribution in [2.45, 2.75) is 13.5 Å². The van der Waals surface area contributed by atoms with Crippen LogP contribution < -0.4 is 4.80 Å². The Morgan fingerprint density at radius 3 is 2.29 bits per heavy atom. The molecule has 170 valence electrons. The van der Waals surface area contributed by atoms with Crippen LogP contribution in [0.1, 0.15) is 27.6 Å². The molecule has 8 nitrogen and oxygen atoms in total. The quantitative estimate of drug-likeness (QED) is 0.328. The summed E-state index contributed by atoms with van der Waals surface area (Å²) in [4.78, 5) is 55.8. The van der Waals surface area contributed by atoms with Crippen molar-refractivity contribution >= 4 is 56.0 Å². The SMILES string of the molecule is CCOC(=O)Cn1c(=NC(=O)CN2C(=O)c3ccccc3C2=O)sc2c3ccccc3ccc21. The van der Waals surface area contributed by atoms with Gasteiger partial charge in [0.2, 0.25) is 0 Å². The molecule has 1 aliphatic rings. The van der Waals surface area contributed by atoms with Crippen molar-refractivity contribution < 1.29 is 23.9 Å². The third kappa shape index (κ3) is 3.69. The largest absolute Gasteiger partial charge is 0.465 e. The molecule has 0 bridgehead atoms. The predicted octanol–water partition coefficient (Wildman–Crippen LogP) is 3.14. The number of imide groups is 1. The molecule has 9 heteroatoms. The number of hydrogen-bond acceptors (Lipinski definition) is 6. The van der Waals surface area contributed by atoms with E-state index in [-0.39, 0.29) is 24.3 Å². The van der Waals surface area contributed by atoms with E-state index in [1.54, 1.807) is 35.8 Å². The zero-order chi connectivity index (χ0) is 23.8. The summed E-state index contributed by atoms with van der Waals surface area (Å²) in [6, 6.07) is 18.1. The number of ether oxygens (including phenoxy) is 1. The van der Waals surface area contributed by atoms with Gasteiger partial charge < -0.3 is 9.30 Å². The highest BCUT2D eigenvalue weighted by Gasteiger charge is 2.36. The minimum Gasteiger partial charge on any atom is -0.465 e. The van der Waals surface area contributed by atoms with Gasteiger partial charge >= 0.3 is 5.97 Å². The number of amides is 3. The molecule has 0 saturated heterocycles. The summed E-state index contributed by atoms with van der Waals surface area (Å²) in [7, 11) is 0. The number of carbonyl (C=O) groups is 4. The molecule has 1 aromatic heterocycles. The van der Waals surface area contributed by atoms with Crippen molar-refractivity contribution in [1.29, 1.82) is 0 Å². The standard InChI is InChI=1S/C25H19N3O5S/c1-2-33-21(30)14-27-19-12-11-15-7-3-4-8-16(15)22(19)34-25(27)26-20(29)13-28-23(31)17-9-5-6-10-18(17)24(28)32/h3-12H,2,13-14H2,1H3. The highest BCUT2D eigenvalue weighted by Crippen LogP contribution is 2.28. The second-order valence-corrected chi connectivity index (χ2v) is 8.64. The van der Waals surface area contributed by atoms with Gasteiger partial charge in [-0.25, -0.2) is 0 Å². The Bertz CT molecular complexity index is 1530. The fraction of sp³-hybridized carbons (Fsp3) is 0.160. The molecule has 4 aromatic rings. The van der Waals surface area contributed by atoms with Crippen LogP contribution in [0.4, 0.5) is 0 Å². The van der Waals surface area contributed by atoms with Crippen LogP contribution >= 0.6 is 11.3 Å². The van der Waals surface area contributed by atoms with Crippen LogP contribution in [-0.4, -0.2) is 46.3 Å². The molecule has 0 unspecified atom stereocenters. The first-order valence-corrected chi connectivity index (χ1v) is 11.5. The van der Waals surface area contributed by atoms with Gasteiger partial charge in [0, 0.05) is 5.39 Å². The van der Waals surface area contributed by atoms with Gasteiger partial charge in [0.15, 0.2) is 4.80 Å². The Morgan fingerprint density at radius 1 is 0.912 bits per heavy atom. The van der Waals surface area contributed by atoms with Crippen LogP contribution in [0.25, 0.3) is 21.0 Å². The lowest BCUT2D eigenvalue weighted by Crippen LogP contribution is -2.35. The number of benzene rings is 3. The molecule has 34 heavy (non-hydrogen) atoms. The summed E-state index contributed by atoms with van der Waals surface area (Å²) < 4.78 is 7.60. The van der Waals surface area contributed by atoms with Gasteiger partial charge in [-0.1, -0.05) is 53.8 Å². The Balaban J connectivity index is 1.55. The molecule has 0 saturated carbocycles. The van der Waals surface area contributed by atoms with E-state index in [0.29, 0.717) is 4.80 Å². The van der Waals surface area contributed by atoms with Crippen LogP contribution in [0, 0.1) is 0 Å². The van der Waals surface area contributed by atoms with Crippen molar-refractivity contribution in [3.05, 3.63) is 76.6 Å². The summed E-state index contributed by atoms with van der Waals surface area (Å²) in [5.41, 5.74) is 1.28. The van der Waals surface area contributed by atoms with Crippen molar-refractivity contribution in [1.82, 2.24) is 9.47 Å². The number of esters is 1. The van der Waals surface area contributed by atoms with E-state index in [1.165, 1.54) is 11.3 Å². The van der Waals surface area contributed by atoms with Crippen molar-refractivity contribution in [3.63, 3.8) is 0 Å². The number of rotatable bonds is 5. The molecule has 2 heterocycles. The third-order valence-electron chi connectivity index (χ3n) is 5.56. The summed E-state index contributed by atoms with van der Waals surface area (Å²) >= 11 is 1.27. The Kier molecular flexibility index (Phi) is 5.54. The number of thiazole rings is 1. The fourth-order valence-electron chi connectivity index (χ4n) is 4.03. The molecule has 0 spiro atoms. The van der Waals surface area contributed by atoms with E-state index >= 15 is 0 Å². The average Bonchev–Trinajstić information content (AvgIpc) is 3.29. The van der Waals surface area contributed by atoms with E-state index in [9.17, 15) is 19.2 Å². The second-order valence-electron chi connectivity index (χ2n) is 7.66. The maximum Gasteiger partial charge on any atom is 0.326 e. The van der Waals surface area contributed by atoms with Gasteiger partial charge in [-0.05, 0) is 30.5 Å². The zero-order valence-electron chi connectivity index (χ0n) is 18.2.